The van der Waals surface area contributed by atoms with Gasteiger partial charge in [-0.15, -0.1) is 0 Å². The van der Waals surface area contributed by atoms with Gasteiger partial charge in [0.2, 0.25) is 0 Å². The molecule has 0 bridgehead atoms. The average molecular weight is 188 g/mol. The highest BCUT2D eigenvalue weighted by Gasteiger charge is 2.19. The number of carbonyl (C=O) groups is 1. The summed E-state index contributed by atoms with van der Waals surface area (Å²) in [5, 5.41) is 3.36. The molecular weight excluding hydrogens is 178 g/mol. The number of ketones is 1. The van der Waals surface area contributed by atoms with Crippen LogP contribution in [0.1, 0.15) is 30.9 Å². The molecule has 0 aliphatic heterocycles. The number of carbonyl (C=O) groups excluding carboxylic acids is 1. The fourth-order valence-corrected chi connectivity index (χ4v) is 0.961. The van der Waals surface area contributed by atoms with Crippen molar-refractivity contribution in [1.29, 1.82) is 0 Å². The lowest BCUT2D eigenvalue weighted by atomic mass is 10.1. The van der Waals surface area contributed by atoms with Crippen molar-refractivity contribution >= 4 is 5.78 Å². The second kappa shape index (κ2) is 3.64. The highest BCUT2D eigenvalue weighted by Crippen LogP contribution is 2.15. The van der Waals surface area contributed by atoms with E-state index in [1.807, 2.05) is 0 Å². The lowest BCUT2D eigenvalue weighted by molar-refractivity contribution is 0.0507. The van der Waals surface area contributed by atoms with E-state index in [0.717, 1.165) is 0 Å². The summed E-state index contributed by atoms with van der Waals surface area (Å²) in [6.45, 7) is 0.559. The first-order chi connectivity index (χ1) is 6.04. The zero-order valence-corrected chi connectivity index (χ0v) is 7.37. The van der Waals surface area contributed by atoms with Crippen molar-refractivity contribution in [1.82, 2.24) is 9.78 Å². The van der Waals surface area contributed by atoms with Gasteiger partial charge >= 0.3 is 6.55 Å². The molecule has 5 heteroatoms. The van der Waals surface area contributed by atoms with Crippen LogP contribution in [-0.2, 0) is 0 Å². The van der Waals surface area contributed by atoms with E-state index in [1.165, 1.54) is 12.3 Å². The molecule has 0 aliphatic carbocycles. The molecule has 1 aromatic rings. The average Bonchev–Trinajstić information content (AvgIpc) is 2.50. The van der Waals surface area contributed by atoms with E-state index in [9.17, 15) is 13.6 Å². The molecule has 0 unspecified atom stereocenters. The molecule has 1 heterocycles. The number of rotatable bonds is 3. The molecule has 0 saturated carbocycles. The zero-order valence-electron chi connectivity index (χ0n) is 7.37. The van der Waals surface area contributed by atoms with Gasteiger partial charge in [0.05, 0.1) is 0 Å². The van der Waals surface area contributed by atoms with Gasteiger partial charge in [-0.3, -0.25) is 4.79 Å². The Hall–Kier alpha value is -1.26. The minimum atomic E-state index is -2.76. The van der Waals surface area contributed by atoms with E-state index in [4.69, 9.17) is 0 Å². The first-order valence-corrected chi connectivity index (χ1v) is 3.90. The smallest absolute Gasteiger partial charge is 0.292 e. The van der Waals surface area contributed by atoms with Crippen molar-refractivity contribution in [3.05, 3.63) is 18.0 Å². The molecule has 72 valence electrons. The largest absolute Gasteiger partial charge is 0.333 e. The molecule has 3 nitrogen and oxygen atoms in total. The van der Waals surface area contributed by atoms with E-state index in [0.29, 0.717) is 4.68 Å². The Morgan fingerprint density at radius 1 is 1.54 bits per heavy atom. The summed E-state index contributed by atoms with van der Waals surface area (Å²) in [5.41, 5.74) is -0.0370. The van der Waals surface area contributed by atoms with Gasteiger partial charge in [-0.2, -0.15) is 13.9 Å². The third-order valence-electron chi connectivity index (χ3n) is 1.63. The maximum absolute atomic E-state index is 12.2. The summed E-state index contributed by atoms with van der Waals surface area (Å²) in [6.07, 6.45) is 1.20. The Bertz CT molecular complexity index is 307. The lowest BCUT2D eigenvalue weighted by Gasteiger charge is -2.06. The van der Waals surface area contributed by atoms with Crippen LogP contribution in [0.4, 0.5) is 8.78 Å². The predicted molar refractivity (Wildman–Crippen MR) is 42.6 cm³/mol. The quantitative estimate of drug-likeness (QED) is 0.681. The lowest BCUT2D eigenvalue weighted by Crippen LogP contribution is -2.15. The molecule has 0 amide bonds. The first kappa shape index (κ1) is 9.83. The van der Waals surface area contributed by atoms with Crippen molar-refractivity contribution in [3.63, 3.8) is 0 Å². The van der Waals surface area contributed by atoms with E-state index < -0.39 is 6.55 Å². The number of alkyl halides is 2. The Labute approximate surface area is 74.4 Å². The van der Waals surface area contributed by atoms with E-state index in [1.54, 1.807) is 13.8 Å². The zero-order chi connectivity index (χ0) is 10.0. The third-order valence-corrected chi connectivity index (χ3v) is 1.63. The van der Waals surface area contributed by atoms with Gasteiger partial charge < -0.3 is 0 Å². The predicted octanol–water partition coefficient (Wildman–Crippen LogP) is 2.12. The van der Waals surface area contributed by atoms with Crippen LogP contribution in [-0.4, -0.2) is 15.6 Å². The number of hydrogen-bond donors (Lipinski definition) is 0. The topological polar surface area (TPSA) is 34.9 Å². The van der Waals surface area contributed by atoms with E-state index in [-0.39, 0.29) is 17.4 Å². The standard InChI is InChI=1S/C8H10F2N2O/c1-5(2)7(13)6-3-4-11-12(6)8(9)10/h3-5,8H,1-2H3. The maximum Gasteiger partial charge on any atom is 0.333 e. The molecule has 0 atom stereocenters. The van der Waals surface area contributed by atoms with Gasteiger partial charge in [0.1, 0.15) is 5.69 Å². The first-order valence-electron chi connectivity index (χ1n) is 3.90. The molecule has 0 saturated heterocycles. The molecule has 0 N–H and O–H groups in total. The summed E-state index contributed by atoms with van der Waals surface area (Å²) >= 11 is 0. The number of nitrogens with zero attached hydrogens (tertiary/aromatic N) is 2. The van der Waals surface area contributed by atoms with Crippen LogP contribution in [0.3, 0.4) is 0 Å². The number of hydrogen-bond acceptors (Lipinski definition) is 2. The fourth-order valence-electron chi connectivity index (χ4n) is 0.961. The summed E-state index contributed by atoms with van der Waals surface area (Å²) in [6, 6.07) is 1.30. The van der Waals surface area contributed by atoms with Crippen molar-refractivity contribution < 1.29 is 13.6 Å². The van der Waals surface area contributed by atoms with Gasteiger partial charge in [-0.1, -0.05) is 13.8 Å². The minimum absolute atomic E-state index is 0.0370. The molecule has 0 radical (unpaired) electrons. The highest BCUT2D eigenvalue weighted by molar-refractivity contribution is 5.95. The molecule has 1 aromatic heterocycles. The van der Waals surface area contributed by atoms with Gasteiger partial charge in [-0.25, -0.2) is 4.68 Å². The van der Waals surface area contributed by atoms with Gasteiger partial charge in [0, 0.05) is 12.1 Å². The molecule has 0 aromatic carbocycles. The molecule has 0 aliphatic rings. The SMILES string of the molecule is CC(C)C(=O)c1ccnn1C(F)F. The summed E-state index contributed by atoms with van der Waals surface area (Å²) < 4.78 is 24.9. The van der Waals surface area contributed by atoms with Crippen molar-refractivity contribution in [2.45, 2.75) is 20.4 Å². The summed E-state index contributed by atoms with van der Waals surface area (Å²) in [5.74, 6) is -0.619. The molecule has 13 heavy (non-hydrogen) atoms. The maximum atomic E-state index is 12.2. The van der Waals surface area contributed by atoms with Gasteiger partial charge in [0.25, 0.3) is 0 Å². The van der Waals surface area contributed by atoms with Crippen LogP contribution in [0.5, 0.6) is 0 Å². The van der Waals surface area contributed by atoms with Crippen LogP contribution >= 0.6 is 0 Å². The number of Topliss-reactive ketones (excluding diaryl/α,β-unsaturated/α-hetero) is 1. The van der Waals surface area contributed by atoms with Crippen LogP contribution in [0.15, 0.2) is 12.3 Å². The normalized spacial score (nSPS) is 11.2. The summed E-state index contributed by atoms with van der Waals surface area (Å²) in [4.78, 5) is 11.3. The molecule has 0 fully saturated rings. The Balaban J connectivity index is 3.01. The van der Waals surface area contributed by atoms with Gasteiger partial charge in [0.15, 0.2) is 5.78 Å². The fraction of sp³-hybridized carbons (Fsp3) is 0.500. The van der Waals surface area contributed by atoms with Crippen molar-refractivity contribution in [2.24, 2.45) is 5.92 Å². The molecule has 1 rings (SSSR count). The van der Waals surface area contributed by atoms with E-state index >= 15 is 0 Å². The second-order valence-electron chi connectivity index (χ2n) is 2.96. The van der Waals surface area contributed by atoms with Gasteiger partial charge in [-0.05, 0) is 6.07 Å². The van der Waals surface area contributed by atoms with Crippen LogP contribution in [0.2, 0.25) is 0 Å². The summed E-state index contributed by atoms with van der Waals surface area (Å²) in [7, 11) is 0. The Kier molecular flexibility index (Phi) is 2.75. The van der Waals surface area contributed by atoms with E-state index in [2.05, 4.69) is 5.10 Å². The van der Waals surface area contributed by atoms with Crippen molar-refractivity contribution in [3.8, 4) is 0 Å². The third kappa shape index (κ3) is 1.91. The van der Waals surface area contributed by atoms with Crippen LogP contribution in [0, 0.1) is 5.92 Å². The Morgan fingerprint density at radius 3 is 2.62 bits per heavy atom. The van der Waals surface area contributed by atoms with Crippen LogP contribution in [0.25, 0.3) is 0 Å². The highest BCUT2D eigenvalue weighted by atomic mass is 19.3. The monoisotopic (exact) mass is 188 g/mol. The Morgan fingerprint density at radius 2 is 2.15 bits per heavy atom. The number of aromatic nitrogens is 2. The molecule has 0 spiro atoms. The molecular formula is C8H10F2N2O. The van der Waals surface area contributed by atoms with Crippen molar-refractivity contribution in [2.75, 3.05) is 0 Å². The second-order valence-corrected chi connectivity index (χ2v) is 2.96. The number of halogens is 2. The minimum Gasteiger partial charge on any atom is -0.292 e. The van der Waals surface area contributed by atoms with Crippen LogP contribution < -0.4 is 0 Å².